The lowest BCUT2D eigenvalue weighted by molar-refractivity contribution is 0.598. The molecule has 2 aromatic rings. The van der Waals surface area contributed by atoms with Gasteiger partial charge in [0.05, 0.1) is 0 Å². The van der Waals surface area contributed by atoms with Crippen LogP contribution in [0.25, 0.3) is 10.9 Å². The molecule has 0 saturated heterocycles. The normalized spacial score (nSPS) is 11.1. The van der Waals surface area contributed by atoms with Crippen molar-refractivity contribution in [1.29, 1.82) is 5.41 Å². The summed E-state index contributed by atoms with van der Waals surface area (Å²) in [4.78, 5) is -0.0787. The summed E-state index contributed by atoms with van der Waals surface area (Å²) in [5.41, 5.74) is 5.45. The van der Waals surface area contributed by atoms with Crippen LogP contribution >= 0.6 is 12.4 Å². The maximum Gasteiger partial charge on any atom is 0.240 e. The van der Waals surface area contributed by atoms with Crippen molar-refractivity contribution in [2.75, 3.05) is 0 Å². The van der Waals surface area contributed by atoms with Crippen LogP contribution in [-0.4, -0.2) is 24.2 Å². The Morgan fingerprint density at radius 3 is 2.59 bits per heavy atom. The SMILES string of the molecule is Cl.N=C(N)n1cc2cccc(S(N)(=O)=O)c2n1. The molecule has 0 atom stereocenters. The Labute approximate surface area is 103 Å². The summed E-state index contributed by atoms with van der Waals surface area (Å²) in [6.07, 6.45) is 1.46. The molecule has 0 radical (unpaired) electrons. The van der Waals surface area contributed by atoms with Crippen molar-refractivity contribution in [3.05, 3.63) is 24.4 Å². The Morgan fingerprint density at radius 1 is 1.41 bits per heavy atom. The largest absolute Gasteiger partial charge is 0.368 e. The summed E-state index contributed by atoms with van der Waals surface area (Å²) >= 11 is 0. The molecule has 0 aliphatic rings. The minimum absolute atomic E-state index is 0. The second-order valence-electron chi connectivity index (χ2n) is 3.20. The number of benzene rings is 1. The molecule has 9 heteroatoms. The zero-order valence-electron chi connectivity index (χ0n) is 8.49. The van der Waals surface area contributed by atoms with Gasteiger partial charge in [0.2, 0.25) is 16.0 Å². The van der Waals surface area contributed by atoms with Crippen LogP contribution in [0.2, 0.25) is 0 Å². The van der Waals surface area contributed by atoms with Crippen molar-refractivity contribution in [3.63, 3.8) is 0 Å². The summed E-state index contributed by atoms with van der Waals surface area (Å²) in [5, 5.41) is 16.7. The summed E-state index contributed by atoms with van der Waals surface area (Å²) in [7, 11) is -3.83. The lowest BCUT2D eigenvalue weighted by Gasteiger charge is -1.97. The lowest BCUT2D eigenvalue weighted by atomic mass is 10.3. The number of hydrogen-bond donors (Lipinski definition) is 3. The van der Waals surface area contributed by atoms with Gasteiger partial charge in [-0.25, -0.2) is 18.2 Å². The molecular formula is C8H10ClN5O2S. The number of primary sulfonamides is 1. The monoisotopic (exact) mass is 275 g/mol. The van der Waals surface area contributed by atoms with Crippen LogP contribution in [0.5, 0.6) is 0 Å². The molecule has 5 N–H and O–H groups in total. The third-order valence-corrected chi connectivity index (χ3v) is 3.00. The molecule has 7 nitrogen and oxygen atoms in total. The van der Waals surface area contributed by atoms with E-state index in [1.165, 1.54) is 12.3 Å². The van der Waals surface area contributed by atoms with Crippen molar-refractivity contribution >= 4 is 39.3 Å². The highest BCUT2D eigenvalue weighted by Gasteiger charge is 2.15. The molecule has 0 aliphatic heterocycles. The van der Waals surface area contributed by atoms with E-state index in [0.717, 1.165) is 4.68 Å². The van der Waals surface area contributed by atoms with Crippen molar-refractivity contribution in [1.82, 2.24) is 9.78 Å². The van der Waals surface area contributed by atoms with Crippen LogP contribution in [0.3, 0.4) is 0 Å². The smallest absolute Gasteiger partial charge is 0.240 e. The van der Waals surface area contributed by atoms with E-state index in [0.29, 0.717) is 5.39 Å². The van der Waals surface area contributed by atoms with E-state index in [1.807, 2.05) is 0 Å². The molecule has 1 aromatic heterocycles. The molecule has 0 spiro atoms. The zero-order valence-corrected chi connectivity index (χ0v) is 10.1. The molecule has 2 rings (SSSR count). The average Bonchev–Trinajstić information content (AvgIpc) is 2.58. The van der Waals surface area contributed by atoms with E-state index >= 15 is 0 Å². The molecule has 0 saturated carbocycles. The number of fused-ring (bicyclic) bond motifs is 1. The third-order valence-electron chi connectivity index (χ3n) is 2.05. The molecule has 0 amide bonds. The fourth-order valence-electron chi connectivity index (χ4n) is 1.37. The van der Waals surface area contributed by atoms with Gasteiger partial charge in [-0.05, 0) is 6.07 Å². The van der Waals surface area contributed by atoms with Gasteiger partial charge < -0.3 is 5.73 Å². The van der Waals surface area contributed by atoms with Crippen LogP contribution < -0.4 is 10.9 Å². The predicted molar refractivity (Wildman–Crippen MR) is 65.7 cm³/mol. The van der Waals surface area contributed by atoms with Crippen LogP contribution in [-0.2, 0) is 10.0 Å². The van der Waals surface area contributed by atoms with E-state index in [4.69, 9.17) is 16.3 Å². The van der Waals surface area contributed by atoms with Gasteiger partial charge in [-0.3, -0.25) is 5.41 Å². The minimum atomic E-state index is -3.83. The number of nitrogen functional groups attached to an aromatic ring is 1. The second-order valence-corrected chi connectivity index (χ2v) is 4.73. The Balaban J connectivity index is 0.00000144. The van der Waals surface area contributed by atoms with E-state index in [1.54, 1.807) is 12.1 Å². The Bertz CT molecular complexity index is 678. The van der Waals surface area contributed by atoms with E-state index in [-0.39, 0.29) is 28.8 Å². The molecular weight excluding hydrogens is 266 g/mol. The number of rotatable bonds is 1. The molecule has 1 aromatic carbocycles. The van der Waals surface area contributed by atoms with Gasteiger partial charge >= 0.3 is 0 Å². The number of hydrogen-bond acceptors (Lipinski definition) is 4. The maximum absolute atomic E-state index is 11.3. The standard InChI is InChI=1S/C8H9N5O2S.ClH/c9-8(10)13-4-5-2-1-3-6(7(5)12-13)16(11,14)15;/h1-4H,(H3,9,10)(H2,11,14,15);1H. The molecule has 17 heavy (non-hydrogen) atoms. The first-order valence-corrected chi connectivity index (χ1v) is 5.80. The van der Waals surface area contributed by atoms with Crippen molar-refractivity contribution < 1.29 is 8.42 Å². The fraction of sp³-hybridized carbons (Fsp3) is 0. The first-order chi connectivity index (χ1) is 7.39. The van der Waals surface area contributed by atoms with Gasteiger partial charge in [-0.1, -0.05) is 12.1 Å². The van der Waals surface area contributed by atoms with E-state index < -0.39 is 10.0 Å². The maximum atomic E-state index is 11.3. The lowest BCUT2D eigenvalue weighted by Crippen LogP contribution is -2.21. The average molecular weight is 276 g/mol. The van der Waals surface area contributed by atoms with Gasteiger partial charge in [0.15, 0.2) is 0 Å². The minimum Gasteiger partial charge on any atom is -0.368 e. The first-order valence-electron chi connectivity index (χ1n) is 4.25. The number of nitrogens with zero attached hydrogens (tertiary/aromatic N) is 2. The highest BCUT2D eigenvalue weighted by molar-refractivity contribution is 7.89. The summed E-state index contributed by atoms with van der Waals surface area (Å²) in [6.45, 7) is 0. The fourth-order valence-corrected chi connectivity index (χ4v) is 2.07. The molecule has 0 bridgehead atoms. The quantitative estimate of drug-likeness (QED) is 0.494. The number of nitrogens with two attached hydrogens (primary N) is 2. The molecule has 0 aliphatic carbocycles. The molecule has 92 valence electrons. The second kappa shape index (κ2) is 4.32. The zero-order chi connectivity index (χ0) is 11.9. The number of halogens is 1. The van der Waals surface area contributed by atoms with E-state index in [9.17, 15) is 8.42 Å². The topological polar surface area (TPSA) is 128 Å². The highest BCUT2D eigenvalue weighted by atomic mass is 35.5. The first kappa shape index (κ1) is 13.4. The van der Waals surface area contributed by atoms with Crippen LogP contribution in [0.1, 0.15) is 0 Å². The predicted octanol–water partition coefficient (Wildman–Crippen LogP) is -0.153. The Kier molecular flexibility index (Phi) is 3.41. The molecule has 0 unspecified atom stereocenters. The summed E-state index contributed by atoms with van der Waals surface area (Å²) in [6, 6.07) is 4.57. The third kappa shape index (κ3) is 2.38. The van der Waals surface area contributed by atoms with Crippen LogP contribution in [0, 0.1) is 5.41 Å². The van der Waals surface area contributed by atoms with E-state index in [2.05, 4.69) is 5.10 Å². The summed E-state index contributed by atoms with van der Waals surface area (Å²) < 4.78 is 23.6. The van der Waals surface area contributed by atoms with Crippen molar-refractivity contribution in [2.45, 2.75) is 4.90 Å². The van der Waals surface area contributed by atoms with Gasteiger partial charge in [0.25, 0.3) is 0 Å². The Morgan fingerprint density at radius 2 is 2.06 bits per heavy atom. The number of sulfonamides is 1. The summed E-state index contributed by atoms with van der Waals surface area (Å²) in [5.74, 6) is -0.295. The van der Waals surface area contributed by atoms with Gasteiger partial charge in [0.1, 0.15) is 10.4 Å². The van der Waals surface area contributed by atoms with Crippen molar-refractivity contribution in [2.24, 2.45) is 10.9 Å². The number of nitrogens with one attached hydrogen (secondary N) is 1. The van der Waals surface area contributed by atoms with Crippen LogP contribution in [0.4, 0.5) is 0 Å². The molecule has 1 heterocycles. The van der Waals surface area contributed by atoms with Gasteiger partial charge in [0, 0.05) is 11.6 Å². The highest BCUT2D eigenvalue weighted by Crippen LogP contribution is 2.19. The number of aromatic nitrogens is 2. The van der Waals surface area contributed by atoms with Crippen molar-refractivity contribution in [3.8, 4) is 0 Å². The molecule has 0 fully saturated rings. The van der Waals surface area contributed by atoms with Gasteiger partial charge in [-0.2, -0.15) is 5.10 Å². The van der Waals surface area contributed by atoms with Crippen LogP contribution in [0.15, 0.2) is 29.3 Å². The Hall–Kier alpha value is -1.64. The van der Waals surface area contributed by atoms with Gasteiger partial charge in [-0.15, -0.1) is 12.4 Å².